The summed E-state index contributed by atoms with van der Waals surface area (Å²) < 4.78 is 0. The van der Waals surface area contributed by atoms with E-state index < -0.39 is 0 Å². The number of likely N-dealkylation sites (tertiary alicyclic amines) is 1. The first kappa shape index (κ1) is 13.1. The second-order valence-corrected chi connectivity index (χ2v) is 5.11. The molecule has 1 amide bonds. The Hall–Kier alpha value is -1.39. The van der Waals surface area contributed by atoms with E-state index in [4.69, 9.17) is 5.73 Å². The van der Waals surface area contributed by atoms with Crippen molar-refractivity contribution in [2.75, 3.05) is 27.2 Å². The van der Waals surface area contributed by atoms with Gasteiger partial charge in [-0.25, -0.2) is 0 Å². The Labute approximate surface area is 108 Å². The first-order valence-electron chi connectivity index (χ1n) is 6.33. The Morgan fingerprint density at radius 2 is 2.28 bits per heavy atom. The van der Waals surface area contributed by atoms with Crippen LogP contribution < -0.4 is 11.1 Å². The molecule has 0 bridgehead atoms. The van der Waals surface area contributed by atoms with E-state index in [2.05, 4.69) is 34.5 Å². The average molecular weight is 247 g/mol. The number of likely N-dealkylation sites (N-methyl/N-ethyl adjacent to an activating group) is 1. The Bertz CT molecular complexity index is 433. The van der Waals surface area contributed by atoms with Crippen molar-refractivity contribution in [3.05, 3.63) is 35.4 Å². The fourth-order valence-corrected chi connectivity index (χ4v) is 2.76. The van der Waals surface area contributed by atoms with E-state index in [1.807, 2.05) is 14.1 Å². The van der Waals surface area contributed by atoms with Crippen LogP contribution in [0.25, 0.3) is 0 Å². The maximum Gasteiger partial charge on any atom is 0.222 e. The number of nitrogens with zero attached hydrogens (tertiary/aromatic N) is 1. The lowest BCUT2D eigenvalue weighted by atomic mass is 9.88. The van der Waals surface area contributed by atoms with Crippen molar-refractivity contribution in [3.63, 3.8) is 0 Å². The zero-order chi connectivity index (χ0) is 13.1. The standard InChI is InChI=1S/C14H21N3O/c1-16-7-10-4-3-5-11(6-10)12-8-17(2)9-13(12)14(15)18/h3-6,12-13,16H,7-9H2,1-2H3,(H2,15,18). The lowest BCUT2D eigenvalue weighted by molar-refractivity contribution is -0.121. The van der Waals surface area contributed by atoms with Crippen molar-refractivity contribution in [2.45, 2.75) is 12.5 Å². The molecule has 0 radical (unpaired) electrons. The van der Waals surface area contributed by atoms with Crippen molar-refractivity contribution in [1.29, 1.82) is 0 Å². The number of rotatable bonds is 4. The van der Waals surface area contributed by atoms with E-state index >= 15 is 0 Å². The molecule has 1 aliphatic rings. The summed E-state index contributed by atoms with van der Waals surface area (Å²) in [6, 6.07) is 8.42. The Morgan fingerprint density at radius 3 is 2.94 bits per heavy atom. The minimum absolute atomic E-state index is 0.0696. The molecule has 1 aromatic rings. The van der Waals surface area contributed by atoms with Gasteiger partial charge in [0.25, 0.3) is 0 Å². The number of primary amides is 1. The number of hydrogen-bond donors (Lipinski definition) is 2. The molecule has 0 spiro atoms. The van der Waals surface area contributed by atoms with Crippen molar-refractivity contribution in [3.8, 4) is 0 Å². The zero-order valence-corrected chi connectivity index (χ0v) is 11.0. The number of carbonyl (C=O) groups excluding carboxylic acids is 1. The van der Waals surface area contributed by atoms with Crippen LogP contribution in [-0.4, -0.2) is 38.0 Å². The lowest BCUT2D eigenvalue weighted by Gasteiger charge is -2.16. The van der Waals surface area contributed by atoms with Gasteiger partial charge in [-0.1, -0.05) is 24.3 Å². The number of carbonyl (C=O) groups is 1. The molecule has 2 rings (SSSR count). The quantitative estimate of drug-likeness (QED) is 0.816. The molecular formula is C14H21N3O. The third-order valence-corrected chi connectivity index (χ3v) is 3.63. The second kappa shape index (κ2) is 5.50. The van der Waals surface area contributed by atoms with Gasteiger partial charge in [-0.3, -0.25) is 4.79 Å². The van der Waals surface area contributed by atoms with Gasteiger partial charge in [0.15, 0.2) is 0 Å². The highest BCUT2D eigenvalue weighted by atomic mass is 16.1. The van der Waals surface area contributed by atoms with E-state index in [-0.39, 0.29) is 17.7 Å². The SMILES string of the molecule is CNCc1cccc(C2CN(C)CC2C(N)=O)c1. The van der Waals surface area contributed by atoms with Crippen LogP contribution >= 0.6 is 0 Å². The smallest absolute Gasteiger partial charge is 0.222 e. The number of benzene rings is 1. The van der Waals surface area contributed by atoms with Gasteiger partial charge >= 0.3 is 0 Å². The third kappa shape index (κ3) is 2.71. The number of nitrogens with one attached hydrogen (secondary N) is 1. The molecule has 0 aromatic heterocycles. The van der Waals surface area contributed by atoms with Crippen molar-refractivity contribution < 1.29 is 4.79 Å². The van der Waals surface area contributed by atoms with Gasteiger partial charge in [-0.2, -0.15) is 0 Å². The summed E-state index contributed by atoms with van der Waals surface area (Å²) in [4.78, 5) is 13.7. The van der Waals surface area contributed by atoms with Crippen LogP contribution in [0.5, 0.6) is 0 Å². The van der Waals surface area contributed by atoms with Crippen LogP contribution in [0.1, 0.15) is 17.0 Å². The van der Waals surface area contributed by atoms with Crippen LogP contribution in [0.15, 0.2) is 24.3 Å². The predicted molar refractivity (Wildman–Crippen MR) is 72.1 cm³/mol. The fourth-order valence-electron chi connectivity index (χ4n) is 2.76. The first-order valence-corrected chi connectivity index (χ1v) is 6.33. The summed E-state index contributed by atoms with van der Waals surface area (Å²) >= 11 is 0. The summed E-state index contributed by atoms with van der Waals surface area (Å²) in [5.74, 6) is -0.0347. The Kier molecular flexibility index (Phi) is 3.99. The molecule has 4 nitrogen and oxygen atoms in total. The van der Waals surface area contributed by atoms with E-state index in [0.29, 0.717) is 0 Å². The number of hydrogen-bond acceptors (Lipinski definition) is 3. The molecule has 1 fully saturated rings. The summed E-state index contributed by atoms with van der Waals surface area (Å²) in [6.07, 6.45) is 0. The normalized spacial score (nSPS) is 24.3. The molecule has 3 N–H and O–H groups in total. The largest absolute Gasteiger partial charge is 0.369 e. The van der Waals surface area contributed by atoms with Crippen molar-refractivity contribution in [1.82, 2.24) is 10.2 Å². The highest BCUT2D eigenvalue weighted by Gasteiger charge is 2.35. The molecule has 1 aromatic carbocycles. The lowest BCUT2D eigenvalue weighted by Crippen LogP contribution is -2.28. The number of amides is 1. The van der Waals surface area contributed by atoms with Gasteiger partial charge in [0.05, 0.1) is 5.92 Å². The summed E-state index contributed by atoms with van der Waals surface area (Å²) in [5.41, 5.74) is 7.97. The molecular weight excluding hydrogens is 226 g/mol. The van der Waals surface area contributed by atoms with Gasteiger partial charge < -0.3 is 16.0 Å². The molecule has 18 heavy (non-hydrogen) atoms. The second-order valence-electron chi connectivity index (χ2n) is 5.11. The van der Waals surface area contributed by atoms with Crippen LogP contribution in [0.3, 0.4) is 0 Å². The van der Waals surface area contributed by atoms with Crippen LogP contribution in [0, 0.1) is 5.92 Å². The molecule has 2 unspecified atom stereocenters. The Balaban J connectivity index is 2.24. The molecule has 4 heteroatoms. The molecule has 1 aliphatic heterocycles. The van der Waals surface area contributed by atoms with Crippen LogP contribution in [0.4, 0.5) is 0 Å². The van der Waals surface area contributed by atoms with E-state index in [1.165, 1.54) is 11.1 Å². The van der Waals surface area contributed by atoms with Gasteiger partial charge in [-0.05, 0) is 25.2 Å². The van der Waals surface area contributed by atoms with Gasteiger partial charge in [-0.15, -0.1) is 0 Å². The van der Waals surface area contributed by atoms with Crippen LogP contribution in [-0.2, 0) is 11.3 Å². The van der Waals surface area contributed by atoms with Crippen molar-refractivity contribution in [2.24, 2.45) is 11.7 Å². The summed E-state index contributed by atoms with van der Waals surface area (Å²) in [5, 5.41) is 3.14. The van der Waals surface area contributed by atoms with Gasteiger partial charge in [0.1, 0.15) is 0 Å². The first-order chi connectivity index (χ1) is 8.61. The van der Waals surface area contributed by atoms with Crippen molar-refractivity contribution >= 4 is 5.91 Å². The minimum Gasteiger partial charge on any atom is -0.369 e. The van der Waals surface area contributed by atoms with Gasteiger partial charge in [0, 0.05) is 25.6 Å². The predicted octanol–water partition coefficient (Wildman–Crippen LogP) is 0.537. The molecule has 1 heterocycles. The molecule has 1 saturated heterocycles. The number of nitrogens with two attached hydrogens (primary N) is 1. The average Bonchev–Trinajstić information content (AvgIpc) is 2.72. The third-order valence-electron chi connectivity index (χ3n) is 3.63. The Morgan fingerprint density at radius 1 is 1.50 bits per heavy atom. The topological polar surface area (TPSA) is 58.4 Å². The maximum atomic E-state index is 11.5. The maximum absolute atomic E-state index is 11.5. The van der Waals surface area contributed by atoms with Crippen LogP contribution in [0.2, 0.25) is 0 Å². The highest BCUT2D eigenvalue weighted by molar-refractivity contribution is 5.78. The molecule has 2 atom stereocenters. The fraction of sp³-hybridized carbons (Fsp3) is 0.500. The molecule has 0 aliphatic carbocycles. The summed E-state index contributed by atoms with van der Waals surface area (Å²) in [6.45, 7) is 2.50. The van der Waals surface area contributed by atoms with Gasteiger partial charge in [0.2, 0.25) is 5.91 Å². The zero-order valence-electron chi connectivity index (χ0n) is 11.0. The van der Waals surface area contributed by atoms with E-state index in [0.717, 1.165) is 19.6 Å². The highest BCUT2D eigenvalue weighted by Crippen LogP contribution is 2.32. The van der Waals surface area contributed by atoms with E-state index in [1.54, 1.807) is 0 Å². The molecule has 0 saturated carbocycles. The minimum atomic E-state index is -0.191. The van der Waals surface area contributed by atoms with E-state index in [9.17, 15) is 4.79 Å². The molecule has 98 valence electrons. The monoisotopic (exact) mass is 247 g/mol. The summed E-state index contributed by atoms with van der Waals surface area (Å²) in [7, 11) is 3.97.